The SMILES string of the molecule is C=C(Cl)CS(=O)(=O)c1cc(C(=O)O)c(Cl)cc1Cl. The van der Waals surface area contributed by atoms with Crippen LogP contribution in [0.1, 0.15) is 10.4 Å². The molecule has 0 saturated carbocycles. The second kappa shape index (κ2) is 5.48. The summed E-state index contributed by atoms with van der Waals surface area (Å²) in [4.78, 5) is 10.5. The first-order valence-corrected chi connectivity index (χ1v) is 7.22. The van der Waals surface area contributed by atoms with Crippen LogP contribution in [0.15, 0.2) is 28.6 Å². The lowest BCUT2D eigenvalue weighted by atomic mass is 10.2. The minimum Gasteiger partial charge on any atom is -0.478 e. The summed E-state index contributed by atoms with van der Waals surface area (Å²) in [5.41, 5.74) is -0.347. The number of carboxylic acid groups (broad SMARTS) is 1. The fraction of sp³-hybridized carbons (Fsp3) is 0.100. The monoisotopic (exact) mass is 328 g/mol. The summed E-state index contributed by atoms with van der Waals surface area (Å²) in [5, 5.41) is 8.46. The van der Waals surface area contributed by atoms with Gasteiger partial charge in [0.1, 0.15) is 0 Å². The number of carboxylic acids is 1. The molecular formula is C10H7Cl3O4S. The second-order valence-electron chi connectivity index (χ2n) is 3.34. The van der Waals surface area contributed by atoms with Crippen LogP contribution in [0.25, 0.3) is 0 Å². The zero-order chi connectivity index (χ0) is 14.1. The minimum atomic E-state index is -3.85. The lowest BCUT2D eigenvalue weighted by Gasteiger charge is -2.08. The second-order valence-corrected chi connectivity index (χ2v) is 6.65. The summed E-state index contributed by atoms with van der Waals surface area (Å²) in [6.07, 6.45) is 0. The molecule has 0 heterocycles. The normalized spacial score (nSPS) is 11.3. The molecule has 1 aromatic rings. The lowest BCUT2D eigenvalue weighted by molar-refractivity contribution is 0.0697. The van der Waals surface area contributed by atoms with Crippen LogP contribution in [0.5, 0.6) is 0 Å². The first kappa shape index (κ1) is 15.3. The van der Waals surface area contributed by atoms with E-state index in [9.17, 15) is 13.2 Å². The Hall–Kier alpha value is -0.750. The van der Waals surface area contributed by atoms with Gasteiger partial charge in [-0.15, -0.1) is 0 Å². The molecule has 0 atom stereocenters. The highest BCUT2D eigenvalue weighted by Gasteiger charge is 2.22. The van der Waals surface area contributed by atoms with Gasteiger partial charge in [-0.05, 0) is 12.1 Å². The molecule has 0 amide bonds. The molecule has 18 heavy (non-hydrogen) atoms. The van der Waals surface area contributed by atoms with Crippen molar-refractivity contribution in [1.29, 1.82) is 0 Å². The van der Waals surface area contributed by atoms with E-state index >= 15 is 0 Å². The summed E-state index contributed by atoms with van der Waals surface area (Å²) in [6, 6.07) is 1.97. The Morgan fingerprint density at radius 2 is 1.83 bits per heavy atom. The molecule has 0 saturated heterocycles. The van der Waals surface area contributed by atoms with E-state index in [2.05, 4.69) is 6.58 Å². The standard InChI is InChI=1S/C10H7Cl3O4S/c1-5(11)4-18(16,17)9-2-6(10(14)15)7(12)3-8(9)13/h2-3H,1,4H2,(H,14,15). The first-order chi connectivity index (χ1) is 8.15. The van der Waals surface area contributed by atoms with E-state index < -0.39 is 21.6 Å². The number of sulfone groups is 1. The van der Waals surface area contributed by atoms with Gasteiger partial charge in [0.2, 0.25) is 0 Å². The Kier molecular flexibility index (Phi) is 4.66. The molecule has 0 radical (unpaired) electrons. The largest absolute Gasteiger partial charge is 0.478 e. The van der Waals surface area contributed by atoms with Crippen molar-refractivity contribution in [2.45, 2.75) is 4.90 Å². The fourth-order valence-corrected chi connectivity index (χ4v) is 3.68. The van der Waals surface area contributed by atoms with E-state index in [0.717, 1.165) is 12.1 Å². The van der Waals surface area contributed by atoms with Gasteiger partial charge in [0, 0.05) is 5.03 Å². The topological polar surface area (TPSA) is 71.4 Å². The number of benzene rings is 1. The maximum atomic E-state index is 11.9. The van der Waals surface area contributed by atoms with E-state index in [1.165, 1.54) is 0 Å². The number of hydrogen-bond donors (Lipinski definition) is 1. The molecule has 0 unspecified atom stereocenters. The summed E-state index contributed by atoms with van der Waals surface area (Å²) in [5.74, 6) is -1.88. The van der Waals surface area contributed by atoms with Gasteiger partial charge < -0.3 is 5.11 Å². The highest BCUT2D eigenvalue weighted by Crippen LogP contribution is 2.30. The van der Waals surface area contributed by atoms with Crippen LogP contribution in [0.2, 0.25) is 10.0 Å². The molecule has 98 valence electrons. The molecule has 0 bridgehead atoms. The number of rotatable bonds is 4. The van der Waals surface area contributed by atoms with Gasteiger partial charge in [0.05, 0.1) is 26.3 Å². The molecule has 1 rings (SSSR count). The van der Waals surface area contributed by atoms with Crippen molar-refractivity contribution >= 4 is 50.6 Å². The maximum Gasteiger partial charge on any atom is 0.337 e. The molecule has 1 N–H and O–H groups in total. The fourth-order valence-electron chi connectivity index (χ4n) is 1.22. The number of carbonyl (C=O) groups is 1. The van der Waals surface area contributed by atoms with Crippen LogP contribution < -0.4 is 0 Å². The Bertz CT molecular complexity index is 622. The Morgan fingerprint density at radius 1 is 1.28 bits per heavy atom. The van der Waals surface area contributed by atoms with Crippen LogP contribution in [-0.2, 0) is 9.84 Å². The summed E-state index contributed by atoms with van der Waals surface area (Å²) >= 11 is 16.8. The van der Waals surface area contributed by atoms with Crippen molar-refractivity contribution in [3.8, 4) is 0 Å². The number of hydrogen-bond acceptors (Lipinski definition) is 3. The van der Waals surface area contributed by atoms with Gasteiger partial charge in [-0.25, -0.2) is 13.2 Å². The molecule has 0 fully saturated rings. The molecule has 0 spiro atoms. The summed E-state index contributed by atoms with van der Waals surface area (Å²) in [7, 11) is -3.85. The van der Waals surface area contributed by atoms with Crippen LogP contribution in [0.4, 0.5) is 0 Å². The average molecular weight is 330 g/mol. The molecule has 0 aliphatic heterocycles. The zero-order valence-electron chi connectivity index (χ0n) is 8.78. The molecule has 4 nitrogen and oxygen atoms in total. The lowest BCUT2D eigenvalue weighted by Crippen LogP contribution is -2.09. The zero-order valence-corrected chi connectivity index (χ0v) is 11.9. The molecular weight excluding hydrogens is 323 g/mol. The third-order valence-corrected chi connectivity index (χ3v) is 4.70. The van der Waals surface area contributed by atoms with Crippen LogP contribution in [-0.4, -0.2) is 25.2 Å². The van der Waals surface area contributed by atoms with Crippen molar-refractivity contribution in [1.82, 2.24) is 0 Å². The van der Waals surface area contributed by atoms with E-state index in [1.54, 1.807) is 0 Å². The average Bonchev–Trinajstić information content (AvgIpc) is 2.13. The van der Waals surface area contributed by atoms with Gasteiger partial charge in [-0.2, -0.15) is 0 Å². The molecule has 0 aliphatic rings. The van der Waals surface area contributed by atoms with Gasteiger partial charge in [-0.1, -0.05) is 41.4 Å². The summed E-state index contributed by atoms with van der Waals surface area (Å²) in [6.45, 7) is 3.27. The van der Waals surface area contributed by atoms with Crippen molar-refractivity contribution in [2.24, 2.45) is 0 Å². The van der Waals surface area contributed by atoms with Crippen molar-refractivity contribution in [3.05, 3.63) is 39.4 Å². The summed E-state index contributed by atoms with van der Waals surface area (Å²) < 4.78 is 23.8. The molecule has 0 aromatic heterocycles. The van der Waals surface area contributed by atoms with E-state index in [0.29, 0.717) is 0 Å². The predicted molar refractivity (Wildman–Crippen MR) is 70.5 cm³/mol. The van der Waals surface area contributed by atoms with Gasteiger partial charge in [-0.3, -0.25) is 0 Å². The van der Waals surface area contributed by atoms with Crippen molar-refractivity contribution < 1.29 is 18.3 Å². The van der Waals surface area contributed by atoms with Crippen LogP contribution in [0, 0.1) is 0 Å². The van der Waals surface area contributed by atoms with Crippen LogP contribution >= 0.6 is 34.8 Å². The molecule has 0 aliphatic carbocycles. The first-order valence-electron chi connectivity index (χ1n) is 4.43. The highest BCUT2D eigenvalue weighted by atomic mass is 35.5. The quantitative estimate of drug-likeness (QED) is 0.920. The number of aromatic carboxylic acids is 1. The third kappa shape index (κ3) is 3.38. The van der Waals surface area contributed by atoms with E-state index in [4.69, 9.17) is 39.9 Å². The van der Waals surface area contributed by atoms with Gasteiger partial charge in [0.15, 0.2) is 9.84 Å². The van der Waals surface area contributed by atoms with Crippen LogP contribution in [0.3, 0.4) is 0 Å². The Labute approximate surface area is 119 Å². The van der Waals surface area contributed by atoms with E-state index in [1.807, 2.05) is 0 Å². The van der Waals surface area contributed by atoms with Gasteiger partial charge in [0.25, 0.3) is 0 Å². The van der Waals surface area contributed by atoms with Crippen molar-refractivity contribution in [3.63, 3.8) is 0 Å². The molecule has 8 heteroatoms. The predicted octanol–water partition coefficient (Wildman–Crippen LogP) is 3.22. The molecule has 1 aromatic carbocycles. The number of halogens is 3. The van der Waals surface area contributed by atoms with E-state index in [-0.39, 0.29) is 25.5 Å². The minimum absolute atomic E-state index is 0.0992. The Morgan fingerprint density at radius 3 is 2.28 bits per heavy atom. The maximum absolute atomic E-state index is 11.9. The van der Waals surface area contributed by atoms with Gasteiger partial charge >= 0.3 is 5.97 Å². The third-order valence-electron chi connectivity index (χ3n) is 1.93. The Balaban J connectivity index is 3.46. The van der Waals surface area contributed by atoms with Crippen molar-refractivity contribution in [2.75, 3.05) is 5.75 Å². The highest BCUT2D eigenvalue weighted by molar-refractivity contribution is 7.91. The smallest absolute Gasteiger partial charge is 0.337 e.